The molecular weight excluding hydrogens is 404 g/mol. The van der Waals surface area contributed by atoms with E-state index in [-0.39, 0.29) is 17.6 Å². The van der Waals surface area contributed by atoms with Crippen molar-refractivity contribution in [3.63, 3.8) is 0 Å². The average molecular weight is 428 g/mol. The molecule has 0 spiro atoms. The number of benzene rings is 2. The number of aromatic nitrogens is 2. The summed E-state index contributed by atoms with van der Waals surface area (Å²) in [6, 6.07) is 16.4. The maximum atomic E-state index is 13.0. The Morgan fingerprint density at radius 3 is 2.34 bits per heavy atom. The van der Waals surface area contributed by atoms with Crippen LogP contribution in [0.1, 0.15) is 43.4 Å². The van der Waals surface area contributed by atoms with Gasteiger partial charge in [-0.25, -0.2) is 4.68 Å². The van der Waals surface area contributed by atoms with Crippen LogP contribution >= 0.6 is 0 Å². The van der Waals surface area contributed by atoms with Gasteiger partial charge in [-0.3, -0.25) is 9.59 Å². The molecule has 2 heterocycles. The third-order valence-electron chi connectivity index (χ3n) is 5.30. The van der Waals surface area contributed by atoms with Crippen LogP contribution in [-0.2, 0) is 0 Å². The van der Waals surface area contributed by atoms with Crippen LogP contribution in [0.3, 0.4) is 0 Å². The zero-order chi connectivity index (χ0) is 22.8. The second-order valence-electron chi connectivity index (χ2n) is 7.71. The quantitative estimate of drug-likeness (QED) is 0.457. The standard InChI is InChI=1S/C25H24N4O3/c1-15-7-11-20(12-8-15)29-18(4)23(17(3)28-29)27-24(30)19-10-9-16(2)21(14-19)26-25(31)22-6-5-13-32-22/h5-14H,1-4H3,(H,26,31)(H,27,30). The summed E-state index contributed by atoms with van der Waals surface area (Å²) in [5, 5.41) is 10.4. The summed E-state index contributed by atoms with van der Waals surface area (Å²) in [5.74, 6) is -0.455. The second-order valence-corrected chi connectivity index (χ2v) is 7.71. The van der Waals surface area contributed by atoms with E-state index < -0.39 is 0 Å². The topological polar surface area (TPSA) is 89.2 Å². The summed E-state index contributed by atoms with van der Waals surface area (Å²) in [7, 11) is 0. The van der Waals surface area contributed by atoms with Gasteiger partial charge in [0.2, 0.25) is 0 Å². The molecular formula is C25H24N4O3. The highest BCUT2D eigenvalue weighted by molar-refractivity contribution is 6.07. The van der Waals surface area contributed by atoms with Crippen molar-refractivity contribution in [3.8, 4) is 5.69 Å². The highest BCUT2D eigenvalue weighted by Gasteiger charge is 2.18. The Kier molecular flexibility index (Phi) is 5.64. The van der Waals surface area contributed by atoms with E-state index >= 15 is 0 Å². The summed E-state index contributed by atoms with van der Waals surface area (Å²) in [4.78, 5) is 25.3. The molecule has 7 heteroatoms. The van der Waals surface area contributed by atoms with Crippen LogP contribution in [-0.4, -0.2) is 21.6 Å². The van der Waals surface area contributed by atoms with Gasteiger partial charge in [0, 0.05) is 11.3 Å². The van der Waals surface area contributed by atoms with Gasteiger partial charge in [-0.2, -0.15) is 5.10 Å². The average Bonchev–Trinajstić information content (AvgIpc) is 3.40. The molecule has 0 fully saturated rings. The number of nitrogens with zero attached hydrogens (tertiary/aromatic N) is 2. The minimum atomic E-state index is -0.373. The predicted octanol–water partition coefficient (Wildman–Crippen LogP) is 5.20. The first-order valence-corrected chi connectivity index (χ1v) is 10.2. The van der Waals surface area contributed by atoms with Gasteiger partial charge in [-0.05, 0) is 69.7 Å². The van der Waals surface area contributed by atoms with Crippen molar-refractivity contribution in [1.82, 2.24) is 9.78 Å². The van der Waals surface area contributed by atoms with Crippen molar-refractivity contribution in [2.24, 2.45) is 0 Å². The zero-order valence-corrected chi connectivity index (χ0v) is 18.4. The van der Waals surface area contributed by atoms with E-state index in [2.05, 4.69) is 15.7 Å². The molecule has 4 aromatic rings. The Morgan fingerprint density at radius 1 is 0.906 bits per heavy atom. The van der Waals surface area contributed by atoms with E-state index in [0.29, 0.717) is 16.9 Å². The Morgan fingerprint density at radius 2 is 1.66 bits per heavy atom. The molecule has 0 unspecified atom stereocenters. The zero-order valence-electron chi connectivity index (χ0n) is 18.4. The molecule has 0 saturated heterocycles. The van der Waals surface area contributed by atoms with E-state index in [1.165, 1.54) is 6.26 Å². The predicted molar refractivity (Wildman–Crippen MR) is 124 cm³/mol. The van der Waals surface area contributed by atoms with Crippen molar-refractivity contribution in [1.29, 1.82) is 0 Å². The lowest BCUT2D eigenvalue weighted by atomic mass is 10.1. The van der Waals surface area contributed by atoms with Gasteiger partial charge in [0.25, 0.3) is 11.8 Å². The van der Waals surface area contributed by atoms with Gasteiger partial charge in [0.05, 0.1) is 29.0 Å². The highest BCUT2D eigenvalue weighted by atomic mass is 16.3. The first kappa shape index (κ1) is 21.1. The van der Waals surface area contributed by atoms with Gasteiger partial charge in [-0.1, -0.05) is 23.8 Å². The Hall–Kier alpha value is -4.13. The fraction of sp³-hybridized carbons (Fsp3) is 0.160. The maximum absolute atomic E-state index is 13.0. The van der Waals surface area contributed by atoms with Crippen molar-refractivity contribution in [2.45, 2.75) is 27.7 Å². The lowest BCUT2D eigenvalue weighted by Crippen LogP contribution is -2.16. The number of hydrogen-bond acceptors (Lipinski definition) is 4. The second kappa shape index (κ2) is 8.55. The van der Waals surface area contributed by atoms with Crippen molar-refractivity contribution in [3.05, 3.63) is 94.7 Å². The smallest absolute Gasteiger partial charge is 0.291 e. The number of hydrogen-bond donors (Lipinski definition) is 2. The van der Waals surface area contributed by atoms with E-state index in [1.807, 2.05) is 56.6 Å². The molecule has 2 N–H and O–H groups in total. The van der Waals surface area contributed by atoms with E-state index in [4.69, 9.17) is 4.42 Å². The summed E-state index contributed by atoms with van der Waals surface area (Å²) in [6.07, 6.45) is 1.44. The minimum Gasteiger partial charge on any atom is -0.459 e. The number of aryl methyl sites for hydroxylation is 3. The van der Waals surface area contributed by atoms with Crippen LogP contribution in [0.15, 0.2) is 65.3 Å². The van der Waals surface area contributed by atoms with Gasteiger partial charge < -0.3 is 15.1 Å². The van der Waals surface area contributed by atoms with E-state index in [0.717, 1.165) is 28.2 Å². The molecule has 2 aromatic carbocycles. The Balaban J connectivity index is 1.57. The first-order chi connectivity index (χ1) is 15.3. The van der Waals surface area contributed by atoms with Crippen LogP contribution in [0.5, 0.6) is 0 Å². The number of carbonyl (C=O) groups is 2. The number of furan rings is 1. The molecule has 0 bridgehead atoms. The third kappa shape index (κ3) is 4.18. The highest BCUT2D eigenvalue weighted by Crippen LogP contribution is 2.25. The lowest BCUT2D eigenvalue weighted by molar-refractivity contribution is 0.0993. The van der Waals surface area contributed by atoms with Crippen LogP contribution < -0.4 is 10.6 Å². The van der Waals surface area contributed by atoms with Crippen molar-refractivity contribution >= 4 is 23.2 Å². The number of rotatable bonds is 5. The van der Waals surface area contributed by atoms with Crippen LogP contribution in [0.25, 0.3) is 5.69 Å². The normalized spacial score (nSPS) is 10.8. The fourth-order valence-electron chi connectivity index (χ4n) is 3.44. The molecule has 162 valence electrons. The lowest BCUT2D eigenvalue weighted by Gasteiger charge is -2.11. The van der Waals surface area contributed by atoms with Crippen LogP contribution in [0, 0.1) is 27.7 Å². The van der Waals surface area contributed by atoms with E-state index in [1.54, 1.807) is 30.3 Å². The molecule has 0 atom stereocenters. The van der Waals surface area contributed by atoms with Gasteiger partial charge in [-0.15, -0.1) is 0 Å². The summed E-state index contributed by atoms with van der Waals surface area (Å²) in [5.41, 5.74) is 6.11. The molecule has 0 radical (unpaired) electrons. The van der Waals surface area contributed by atoms with Crippen molar-refractivity contribution in [2.75, 3.05) is 10.6 Å². The third-order valence-corrected chi connectivity index (χ3v) is 5.30. The van der Waals surface area contributed by atoms with Crippen molar-refractivity contribution < 1.29 is 14.0 Å². The first-order valence-electron chi connectivity index (χ1n) is 10.2. The van der Waals surface area contributed by atoms with Crippen LogP contribution in [0.4, 0.5) is 11.4 Å². The van der Waals surface area contributed by atoms with Crippen LogP contribution in [0.2, 0.25) is 0 Å². The molecule has 0 aliphatic rings. The van der Waals surface area contributed by atoms with Gasteiger partial charge in [0.15, 0.2) is 5.76 Å². The molecule has 0 saturated carbocycles. The number of nitrogens with one attached hydrogen (secondary N) is 2. The number of amides is 2. The van der Waals surface area contributed by atoms with Gasteiger partial charge >= 0.3 is 0 Å². The summed E-state index contributed by atoms with van der Waals surface area (Å²) < 4.78 is 6.95. The Labute approximate surface area is 186 Å². The fourth-order valence-corrected chi connectivity index (χ4v) is 3.44. The van der Waals surface area contributed by atoms with Gasteiger partial charge in [0.1, 0.15) is 0 Å². The summed E-state index contributed by atoms with van der Waals surface area (Å²) in [6.45, 7) is 7.67. The molecule has 7 nitrogen and oxygen atoms in total. The monoisotopic (exact) mass is 428 g/mol. The molecule has 0 aliphatic carbocycles. The Bertz CT molecular complexity index is 1290. The molecule has 32 heavy (non-hydrogen) atoms. The minimum absolute atomic E-state index is 0.203. The largest absolute Gasteiger partial charge is 0.459 e. The molecule has 0 aliphatic heterocycles. The van der Waals surface area contributed by atoms with E-state index in [9.17, 15) is 9.59 Å². The SMILES string of the molecule is Cc1ccc(-n2nc(C)c(NC(=O)c3ccc(C)c(NC(=O)c4ccco4)c3)c2C)cc1. The molecule has 2 aromatic heterocycles. The number of carbonyl (C=O) groups excluding carboxylic acids is 2. The number of anilines is 2. The summed E-state index contributed by atoms with van der Waals surface area (Å²) >= 11 is 0. The maximum Gasteiger partial charge on any atom is 0.291 e. The molecule has 2 amide bonds. The molecule has 4 rings (SSSR count).